The van der Waals surface area contributed by atoms with Gasteiger partial charge < -0.3 is 31.9 Å². The molecule has 0 saturated heterocycles. The molecule has 262 valence electrons. The predicted molar refractivity (Wildman–Crippen MR) is 192 cm³/mol. The number of benzene rings is 4. The molecule has 0 spiro atoms. The van der Waals surface area contributed by atoms with E-state index in [-0.39, 0.29) is 45.8 Å². The summed E-state index contributed by atoms with van der Waals surface area (Å²) in [6.45, 7) is 0.379. The molecule has 8 rings (SSSR count). The lowest BCUT2D eigenvalue weighted by Crippen LogP contribution is -2.51. The minimum absolute atomic E-state index is 0.0188. The van der Waals surface area contributed by atoms with Crippen LogP contribution in [0, 0.1) is 23.2 Å². The van der Waals surface area contributed by atoms with E-state index in [0.29, 0.717) is 28.6 Å². The van der Waals surface area contributed by atoms with Crippen LogP contribution >= 0.6 is 0 Å². The highest BCUT2D eigenvalue weighted by Crippen LogP contribution is 2.59. The van der Waals surface area contributed by atoms with Crippen molar-refractivity contribution in [3.8, 4) is 0 Å². The monoisotopic (exact) mass is 688 g/mol. The molecule has 4 aliphatic rings. The van der Waals surface area contributed by atoms with Crippen LogP contribution in [0.4, 0.5) is 11.4 Å². The van der Waals surface area contributed by atoms with Crippen molar-refractivity contribution in [2.45, 2.75) is 44.4 Å². The molecular weight excluding hydrogens is 648 g/mol. The Kier molecular flexibility index (Phi) is 8.97. The summed E-state index contributed by atoms with van der Waals surface area (Å²) in [5.74, 6) is -2.99. The molecule has 0 radical (unpaired) electrons. The second-order valence-corrected chi connectivity index (χ2v) is 14.6. The molecule has 4 fully saturated rings. The fraction of sp³-hybridized carbons (Fsp3) is 0.325. The summed E-state index contributed by atoms with van der Waals surface area (Å²) in [6, 6.07) is 20.7. The number of rotatable bonds is 11. The highest BCUT2D eigenvalue weighted by atomic mass is 16.4. The van der Waals surface area contributed by atoms with Gasteiger partial charge in [-0.15, -0.1) is 0 Å². The number of carbonyl (C=O) groups excluding carboxylic acids is 3. The Morgan fingerprint density at radius 1 is 0.725 bits per heavy atom. The Balaban J connectivity index is 1.14. The fourth-order valence-electron chi connectivity index (χ4n) is 9.11. The molecular formula is C40H40N4O7. The van der Waals surface area contributed by atoms with Gasteiger partial charge in [-0.05, 0) is 109 Å². The maximum Gasteiger partial charge on any atom is 0.335 e. The molecule has 1 atom stereocenters. The zero-order valence-corrected chi connectivity index (χ0v) is 28.0. The van der Waals surface area contributed by atoms with Crippen molar-refractivity contribution >= 4 is 51.8 Å². The van der Waals surface area contributed by atoms with E-state index in [4.69, 9.17) is 5.73 Å². The van der Waals surface area contributed by atoms with Gasteiger partial charge in [0.05, 0.1) is 28.2 Å². The van der Waals surface area contributed by atoms with E-state index < -0.39 is 29.7 Å². The quantitative estimate of drug-likeness (QED) is 0.105. The first kappa shape index (κ1) is 33.8. The van der Waals surface area contributed by atoms with Crippen molar-refractivity contribution in [2.75, 3.05) is 24.1 Å². The smallest absolute Gasteiger partial charge is 0.335 e. The van der Waals surface area contributed by atoms with Crippen LogP contribution in [0.25, 0.3) is 10.8 Å². The Hall–Kier alpha value is -5.71. The number of anilines is 2. The minimum Gasteiger partial charge on any atom is -0.478 e. The number of nitrogen functional groups attached to an aromatic ring is 1. The molecule has 0 aromatic heterocycles. The zero-order valence-electron chi connectivity index (χ0n) is 28.0. The summed E-state index contributed by atoms with van der Waals surface area (Å²) in [6.07, 6.45) is 7.25. The molecule has 4 aliphatic carbocycles. The second kappa shape index (κ2) is 13.5. The molecule has 1 unspecified atom stereocenters. The van der Waals surface area contributed by atoms with Gasteiger partial charge in [-0.2, -0.15) is 0 Å². The van der Waals surface area contributed by atoms with E-state index in [1.54, 1.807) is 54.6 Å². The van der Waals surface area contributed by atoms with Gasteiger partial charge in [-0.3, -0.25) is 14.4 Å². The van der Waals surface area contributed by atoms with Crippen molar-refractivity contribution in [2.24, 2.45) is 23.2 Å². The normalized spacial score (nSPS) is 22.2. The summed E-state index contributed by atoms with van der Waals surface area (Å²) in [5, 5.41) is 29.0. The highest BCUT2D eigenvalue weighted by molar-refractivity contribution is 6.12. The van der Waals surface area contributed by atoms with Crippen LogP contribution < -0.4 is 21.7 Å². The Bertz CT molecular complexity index is 1990. The molecule has 3 amide bonds. The molecule has 4 aromatic carbocycles. The Labute approximate surface area is 294 Å². The summed E-state index contributed by atoms with van der Waals surface area (Å²) in [7, 11) is 0. The number of carboxylic acids is 2. The summed E-state index contributed by atoms with van der Waals surface area (Å²) >= 11 is 0. The summed E-state index contributed by atoms with van der Waals surface area (Å²) < 4.78 is 0. The molecule has 11 nitrogen and oxygen atoms in total. The maximum absolute atomic E-state index is 14.0. The minimum atomic E-state index is -1.35. The summed E-state index contributed by atoms with van der Waals surface area (Å²) in [4.78, 5) is 65.0. The number of carbonyl (C=O) groups is 5. The van der Waals surface area contributed by atoms with Gasteiger partial charge in [0.1, 0.15) is 0 Å². The number of nitrogens with one attached hydrogen (secondary N) is 3. The first-order valence-electron chi connectivity index (χ1n) is 17.3. The molecule has 7 N–H and O–H groups in total. The van der Waals surface area contributed by atoms with E-state index in [2.05, 4.69) is 16.0 Å². The molecule has 4 saturated carbocycles. The van der Waals surface area contributed by atoms with Crippen LogP contribution in [0.3, 0.4) is 0 Å². The SMILES string of the molecule is Nc1cccc2cc(C(=O)NCC(C(=O)Nc3cc(C(=O)O)cc(C(=O)O)c3)c3ccccc3)c(C(=O)NCC34CC5CC(CC(C5)C3)C4)cc12. The van der Waals surface area contributed by atoms with Crippen LogP contribution in [-0.4, -0.2) is 53.0 Å². The Morgan fingerprint density at radius 2 is 1.31 bits per heavy atom. The molecule has 51 heavy (non-hydrogen) atoms. The van der Waals surface area contributed by atoms with E-state index in [0.717, 1.165) is 43.1 Å². The number of hydrogen-bond acceptors (Lipinski definition) is 6. The van der Waals surface area contributed by atoms with Gasteiger partial charge in [0.25, 0.3) is 11.8 Å². The average molecular weight is 689 g/mol. The van der Waals surface area contributed by atoms with Gasteiger partial charge in [0.15, 0.2) is 0 Å². The lowest BCUT2D eigenvalue weighted by atomic mass is 9.49. The van der Waals surface area contributed by atoms with E-state index in [1.807, 2.05) is 6.07 Å². The lowest BCUT2D eigenvalue weighted by Gasteiger charge is -2.56. The molecule has 11 heteroatoms. The third-order valence-corrected chi connectivity index (χ3v) is 11.0. The molecule has 4 bridgehead atoms. The summed E-state index contributed by atoms with van der Waals surface area (Å²) in [5.41, 5.74) is 7.13. The van der Waals surface area contributed by atoms with Gasteiger partial charge in [-0.25, -0.2) is 9.59 Å². The first-order chi connectivity index (χ1) is 24.5. The van der Waals surface area contributed by atoms with Crippen LogP contribution in [0.5, 0.6) is 0 Å². The van der Waals surface area contributed by atoms with Crippen molar-refractivity contribution < 1.29 is 34.2 Å². The van der Waals surface area contributed by atoms with Gasteiger partial charge >= 0.3 is 11.9 Å². The largest absolute Gasteiger partial charge is 0.478 e. The van der Waals surface area contributed by atoms with Crippen LogP contribution in [0.1, 0.15) is 91.4 Å². The molecule has 0 heterocycles. The number of amides is 3. The molecule has 4 aromatic rings. The van der Waals surface area contributed by atoms with E-state index in [1.165, 1.54) is 31.4 Å². The van der Waals surface area contributed by atoms with Crippen LogP contribution in [0.2, 0.25) is 0 Å². The third kappa shape index (κ3) is 7.01. The van der Waals surface area contributed by atoms with E-state index >= 15 is 0 Å². The van der Waals surface area contributed by atoms with Crippen LogP contribution in [0.15, 0.2) is 78.9 Å². The van der Waals surface area contributed by atoms with Crippen molar-refractivity contribution in [1.29, 1.82) is 0 Å². The predicted octanol–water partition coefficient (Wildman–Crippen LogP) is 5.92. The standard InChI is InChI=1S/C40H40N4O7/c41-34-8-4-7-26-15-31(32(16-30(26)34)36(46)43-21-40-17-22-9-23(18-40)11-24(10-22)19-40)35(45)42-20-33(25-5-2-1-3-6-25)37(47)44-29-13-27(38(48)49)12-28(14-29)39(50)51/h1-8,12-16,22-24,33H,9-11,17-21,41H2,(H,42,45)(H,43,46)(H,44,47)(H,48,49)(H,50,51). The van der Waals surface area contributed by atoms with Gasteiger partial charge in [-0.1, -0.05) is 42.5 Å². The van der Waals surface area contributed by atoms with E-state index in [9.17, 15) is 34.2 Å². The Morgan fingerprint density at radius 3 is 1.92 bits per heavy atom. The number of nitrogens with two attached hydrogens (primary N) is 1. The second-order valence-electron chi connectivity index (χ2n) is 14.6. The topological polar surface area (TPSA) is 188 Å². The number of fused-ring (bicyclic) bond motifs is 1. The maximum atomic E-state index is 14.0. The van der Waals surface area contributed by atoms with Crippen LogP contribution in [-0.2, 0) is 4.79 Å². The van der Waals surface area contributed by atoms with Gasteiger partial charge in [0.2, 0.25) is 5.91 Å². The van der Waals surface area contributed by atoms with Crippen molar-refractivity contribution in [1.82, 2.24) is 10.6 Å². The van der Waals surface area contributed by atoms with Crippen molar-refractivity contribution in [3.05, 3.63) is 107 Å². The third-order valence-electron chi connectivity index (χ3n) is 11.0. The number of aromatic carboxylic acids is 2. The zero-order chi connectivity index (χ0) is 35.9. The van der Waals surface area contributed by atoms with Crippen molar-refractivity contribution in [3.63, 3.8) is 0 Å². The first-order valence-corrected chi connectivity index (χ1v) is 17.3. The fourth-order valence-corrected chi connectivity index (χ4v) is 9.11. The lowest BCUT2D eigenvalue weighted by molar-refractivity contribution is -0.117. The average Bonchev–Trinajstić information content (AvgIpc) is 3.10. The highest BCUT2D eigenvalue weighted by Gasteiger charge is 2.50. The molecule has 0 aliphatic heterocycles. The number of carboxylic acid groups (broad SMARTS) is 2. The number of hydrogen-bond donors (Lipinski definition) is 6. The van der Waals surface area contributed by atoms with Gasteiger partial charge in [0, 0.05) is 29.9 Å².